The van der Waals surface area contributed by atoms with Gasteiger partial charge in [0.15, 0.2) is 0 Å². The molecule has 0 saturated carbocycles. The first-order valence-electron chi connectivity index (χ1n) is 6.57. The molecule has 0 spiro atoms. The Hall–Kier alpha value is -1.28. The zero-order chi connectivity index (χ0) is 16.4. The Morgan fingerprint density at radius 2 is 1.33 bits per heavy atom. The first-order valence-corrected chi connectivity index (χ1v) is 6.57. The number of nitrogens with zero attached hydrogens (tertiary/aromatic N) is 1. The molecule has 0 N–H and O–H groups in total. The summed E-state index contributed by atoms with van der Waals surface area (Å²) in [7, 11) is 2.68. The highest BCUT2D eigenvalue weighted by Gasteiger charge is 2.44. The molecule has 0 saturated heterocycles. The van der Waals surface area contributed by atoms with Gasteiger partial charge in [0.1, 0.15) is 6.54 Å². The molecule has 1 rings (SSSR count). The second-order valence-electron chi connectivity index (χ2n) is 5.82. The molecule has 1 aliphatic rings. The van der Waals surface area contributed by atoms with E-state index in [1.165, 1.54) is 14.2 Å². The van der Waals surface area contributed by atoms with Crippen molar-refractivity contribution < 1.29 is 28.8 Å². The predicted molar refractivity (Wildman–Crippen MR) is 73.8 cm³/mol. The average Bonchev–Trinajstić information content (AvgIpc) is 2.60. The molecule has 0 radical (unpaired) electrons. The summed E-state index contributed by atoms with van der Waals surface area (Å²) in [5.74, 6) is -2.46. The first-order chi connectivity index (χ1) is 9.57. The van der Waals surface area contributed by atoms with Crippen LogP contribution >= 0.6 is 0 Å². The lowest BCUT2D eigenvalue weighted by Gasteiger charge is -2.33. The van der Waals surface area contributed by atoms with Crippen LogP contribution in [0, 0.1) is 0 Å². The van der Waals surface area contributed by atoms with Crippen molar-refractivity contribution in [3.8, 4) is 0 Å². The van der Waals surface area contributed by atoms with E-state index in [-0.39, 0.29) is 6.54 Å². The summed E-state index contributed by atoms with van der Waals surface area (Å²) < 4.78 is 10.4. The summed E-state index contributed by atoms with van der Waals surface area (Å²) in [5.41, 5.74) is 0.196. The number of ether oxygens (including phenoxy) is 2. The van der Waals surface area contributed by atoms with E-state index in [0.29, 0.717) is 11.1 Å². The Balaban J connectivity index is 2.90. The highest BCUT2D eigenvalue weighted by atomic mass is 17.3. The minimum Gasteiger partial charge on any atom is -0.328 e. The van der Waals surface area contributed by atoms with Gasteiger partial charge in [-0.05, 0) is 34.6 Å². The molecule has 0 aromatic rings. The van der Waals surface area contributed by atoms with E-state index in [1.54, 1.807) is 34.6 Å². The number of imide groups is 1. The number of amides is 2. The molecule has 7 nitrogen and oxygen atoms in total. The van der Waals surface area contributed by atoms with Gasteiger partial charge in [-0.1, -0.05) is 0 Å². The van der Waals surface area contributed by atoms with Crippen molar-refractivity contribution in [2.75, 3.05) is 20.8 Å². The average molecular weight is 301 g/mol. The van der Waals surface area contributed by atoms with Gasteiger partial charge in [0, 0.05) is 25.4 Å². The molecule has 120 valence electrons. The molecule has 0 fully saturated rings. The van der Waals surface area contributed by atoms with Crippen LogP contribution in [0.3, 0.4) is 0 Å². The Labute approximate surface area is 124 Å². The standard InChI is InChI=1S/C14H23NO6/c1-9-10(2)12(17)15(11(9)16)8-14(18-6,19-7)21-20-13(3,4)5/h8H2,1-7H3. The van der Waals surface area contributed by atoms with Gasteiger partial charge in [0.05, 0.1) is 5.60 Å². The third-order valence-electron chi connectivity index (χ3n) is 3.09. The van der Waals surface area contributed by atoms with Crippen molar-refractivity contribution in [1.29, 1.82) is 0 Å². The first kappa shape index (κ1) is 17.8. The van der Waals surface area contributed by atoms with Crippen molar-refractivity contribution in [1.82, 2.24) is 4.90 Å². The minimum atomic E-state index is -1.68. The second kappa shape index (κ2) is 6.23. The smallest absolute Gasteiger partial charge is 0.328 e. The number of rotatable bonds is 6. The number of hydrogen-bond acceptors (Lipinski definition) is 6. The number of carbonyl (C=O) groups excluding carboxylic acids is 2. The zero-order valence-electron chi connectivity index (χ0n) is 13.6. The van der Waals surface area contributed by atoms with Crippen LogP contribution in [0.1, 0.15) is 34.6 Å². The minimum absolute atomic E-state index is 0.234. The molecule has 7 heteroatoms. The summed E-state index contributed by atoms with van der Waals surface area (Å²) in [6, 6.07) is 0. The monoisotopic (exact) mass is 301 g/mol. The summed E-state index contributed by atoms with van der Waals surface area (Å²) in [4.78, 5) is 35.6. The van der Waals surface area contributed by atoms with E-state index in [9.17, 15) is 9.59 Å². The fourth-order valence-corrected chi connectivity index (χ4v) is 1.65. The highest BCUT2D eigenvalue weighted by Crippen LogP contribution is 2.25. The summed E-state index contributed by atoms with van der Waals surface area (Å²) in [6.07, 6.45) is 0. The molecular formula is C14H23NO6. The number of hydrogen-bond donors (Lipinski definition) is 0. The Morgan fingerprint density at radius 3 is 1.67 bits per heavy atom. The van der Waals surface area contributed by atoms with E-state index in [0.717, 1.165) is 4.90 Å². The van der Waals surface area contributed by atoms with E-state index in [2.05, 4.69) is 0 Å². The van der Waals surface area contributed by atoms with E-state index >= 15 is 0 Å². The molecule has 0 unspecified atom stereocenters. The van der Waals surface area contributed by atoms with Crippen molar-refractivity contribution in [3.05, 3.63) is 11.1 Å². The maximum absolute atomic E-state index is 12.1. The third-order valence-corrected chi connectivity index (χ3v) is 3.09. The van der Waals surface area contributed by atoms with Gasteiger partial charge < -0.3 is 9.47 Å². The van der Waals surface area contributed by atoms with Crippen LogP contribution in [0.15, 0.2) is 11.1 Å². The molecule has 2 amide bonds. The van der Waals surface area contributed by atoms with Gasteiger partial charge in [0.25, 0.3) is 11.8 Å². The third kappa shape index (κ3) is 3.88. The van der Waals surface area contributed by atoms with Crippen molar-refractivity contribution in [2.24, 2.45) is 0 Å². The van der Waals surface area contributed by atoms with Crippen LogP contribution in [0.5, 0.6) is 0 Å². The van der Waals surface area contributed by atoms with Gasteiger partial charge >= 0.3 is 5.97 Å². The summed E-state index contributed by atoms with van der Waals surface area (Å²) in [6.45, 7) is 8.32. The highest BCUT2D eigenvalue weighted by molar-refractivity contribution is 6.18. The lowest BCUT2D eigenvalue weighted by atomic mass is 10.2. The van der Waals surface area contributed by atoms with Crippen molar-refractivity contribution >= 4 is 11.8 Å². The van der Waals surface area contributed by atoms with Crippen LogP contribution in [-0.4, -0.2) is 49.1 Å². The Bertz CT molecular complexity index is 435. The molecule has 0 aliphatic carbocycles. The molecule has 21 heavy (non-hydrogen) atoms. The van der Waals surface area contributed by atoms with E-state index in [1.807, 2.05) is 0 Å². The largest absolute Gasteiger partial charge is 0.330 e. The molecule has 0 atom stereocenters. The Morgan fingerprint density at radius 1 is 0.905 bits per heavy atom. The maximum Gasteiger partial charge on any atom is 0.330 e. The molecule has 1 aliphatic heterocycles. The lowest BCUT2D eigenvalue weighted by molar-refractivity contribution is -0.518. The molecular weight excluding hydrogens is 278 g/mol. The van der Waals surface area contributed by atoms with Crippen LogP contribution in [0.2, 0.25) is 0 Å². The topological polar surface area (TPSA) is 74.3 Å². The van der Waals surface area contributed by atoms with Crippen LogP contribution in [-0.2, 0) is 28.8 Å². The lowest BCUT2D eigenvalue weighted by Crippen LogP contribution is -2.51. The second-order valence-corrected chi connectivity index (χ2v) is 5.82. The molecule has 0 aromatic carbocycles. The summed E-state index contributed by atoms with van der Waals surface area (Å²) in [5, 5.41) is 0. The van der Waals surface area contributed by atoms with Crippen molar-refractivity contribution in [3.63, 3.8) is 0 Å². The van der Waals surface area contributed by atoms with E-state index < -0.39 is 23.4 Å². The molecule has 0 bridgehead atoms. The fraction of sp³-hybridized carbons (Fsp3) is 0.714. The van der Waals surface area contributed by atoms with Gasteiger partial charge in [-0.2, -0.15) is 4.89 Å². The summed E-state index contributed by atoms with van der Waals surface area (Å²) >= 11 is 0. The molecule has 0 aromatic heterocycles. The zero-order valence-corrected chi connectivity index (χ0v) is 13.6. The van der Waals surface area contributed by atoms with Gasteiger partial charge in [-0.15, -0.1) is 0 Å². The number of carbonyl (C=O) groups is 2. The molecule has 1 heterocycles. The van der Waals surface area contributed by atoms with Crippen molar-refractivity contribution in [2.45, 2.75) is 46.2 Å². The van der Waals surface area contributed by atoms with Gasteiger partial charge in [0.2, 0.25) is 0 Å². The maximum atomic E-state index is 12.1. The number of methoxy groups -OCH3 is 2. The normalized spacial score (nSPS) is 17.2. The van der Waals surface area contributed by atoms with Crippen LogP contribution in [0.25, 0.3) is 0 Å². The SMILES string of the molecule is COC(CN1C(=O)C(C)=C(C)C1=O)(OC)OOC(C)(C)C. The van der Waals surface area contributed by atoms with E-state index in [4.69, 9.17) is 19.2 Å². The van der Waals surface area contributed by atoms with Crippen LogP contribution < -0.4 is 0 Å². The van der Waals surface area contributed by atoms with Gasteiger partial charge in [-0.25, -0.2) is 4.89 Å². The predicted octanol–water partition coefficient (Wildman–Crippen LogP) is 1.38. The fourth-order valence-electron chi connectivity index (χ4n) is 1.65. The quantitative estimate of drug-likeness (QED) is 0.319. The van der Waals surface area contributed by atoms with Crippen LogP contribution in [0.4, 0.5) is 0 Å². The Kier molecular flexibility index (Phi) is 5.27. The van der Waals surface area contributed by atoms with Gasteiger partial charge in [-0.3, -0.25) is 14.5 Å².